The number of nitrogens with zero attached hydrogens (tertiary/aromatic N) is 4. The van der Waals surface area contributed by atoms with E-state index in [0.717, 1.165) is 11.0 Å². The summed E-state index contributed by atoms with van der Waals surface area (Å²) >= 11 is 1.19. The van der Waals surface area contributed by atoms with Crippen LogP contribution in [0.4, 0.5) is 5.69 Å². The van der Waals surface area contributed by atoms with Gasteiger partial charge >= 0.3 is 5.69 Å². The van der Waals surface area contributed by atoms with E-state index in [1.807, 2.05) is 38.1 Å². The predicted molar refractivity (Wildman–Crippen MR) is 128 cm³/mol. The van der Waals surface area contributed by atoms with Crippen molar-refractivity contribution in [2.24, 2.45) is 13.0 Å². The molecule has 0 saturated heterocycles. The van der Waals surface area contributed by atoms with Gasteiger partial charge in [-0.3, -0.25) is 18.7 Å². The summed E-state index contributed by atoms with van der Waals surface area (Å²) in [6, 6.07) is 7.70. The third-order valence-electron chi connectivity index (χ3n) is 5.10. The van der Waals surface area contributed by atoms with Crippen LogP contribution in [-0.2, 0) is 24.8 Å². The van der Waals surface area contributed by atoms with Gasteiger partial charge in [0.05, 0.1) is 5.25 Å². The molecule has 8 nitrogen and oxygen atoms in total. The van der Waals surface area contributed by atoms with Gasteiger partial charge in [0.1, 0.15) is 16.2 Å². The van der Waals surface area contributed by atoms with Gasteiger partial charge in [-0.15, -0.1) is 0 Å². The van der Waals surface area contributed by atoms with E-state index in [9.17, 15) is 14.4 Å². The minimum Gasteiger partial charge on any atom is -0.325 e. The van der Waals surface area contributed by atoms with E-state index in [1.54, 1.807) is 13.8 Å². The van der Waals surface area contributed by atoms with Crippen molar-refractivity contribution >= 4 is 34.4 Å². The van der Waals surface area contributed by atoms with Crippen molar-refractivity contribution in [1.82, 2.24) is 19.1 Å². The highest BCUT2D eigenvalue weighted by Crippen LogP contribution is 2.27. The Morgan fingerprint density at radius 3 is 2.38 bits per heavy atom. The van der Waals surface area contributed by atoms with E-state index in [2.05, 4.69) is 22.2 Å². The maximum Gasteiger partial charge on any atom is 0.332 e. The first-order valence-electron chi connectivity index (χ1n) is 10.7. The number of amides is 1. The van der Waals surface area contributed by atoms with Crippen LogP contribution in [0.2, 0.25) is 0 Å². The summed E-state index contributed by atoms with van der Waals surface area (Å²) in [5, 5.41) is 3.04. The van der Waals surface area contributed by atoms with Gasteiger partial charge in [0.15, 0.2) is 5.65 Å². The Bertz CT molecular complexity index is 1260. The summed E-state index contributed by atoms with van der Waals surface area (Å²) in [6.45, 7) is 9.96. The molecule has 0 radical (unpaired) electrons. The van der Waals surface area contributed by atoms with E-state index in [4.69, 9.17) is 0 Å². The molecule has 2 aromatic heterocycles. The Morgan fingerprint density at radius 1 is 1.12 bits per heavy atom. The number of aryl methyl sites for hydroxylation is 2. The van der Waals surface area contributed by atoms with Crippen molar-refractivity contribution in [2.75, 3.05) is 5.32 Å². The van der Waals surface area contributed by atoms with Gasteiger partial charge in [-0.2, -0.15) is 0 Å². The van der Waals surface area contributed by atoms with Crippen molar-refractivity contribution in [2.45, 2.75) is 57.9 Å². The van der Waals surface area contributed by atoms with E-state index < -0.39 is 16.5 Å². The summed E-state index contributed by atoms with van der Waals surface area (Å²) in [6.07, 6.45) is 0.928. The molecule has 32 heavy (non-hydrogen) atoms. The lowest BCUT2D eigenvalue weighted by Gasteiger charge is -2.16. The van der Waals surface area contributed by atoms with Gasteiger partial charge in [0.25, 0.3) is 5.56 Å². The minimum absolute atomic E-state index is 0.184. The molecule has 1 aromatic carbocycles. The third-order valence-corrected chi connectivity index (χ3v) is 6.18. The molecule has 0 bridgehead atoms. The molecule has 1 atom stereocenters. The molecule has 170 valence electrons. The van der Waals surface area contributed by atoms with Crippen LogP contribution in [0, 0.1) is 12.8 Å². The van der Waals surface area contributed by atoms with Gasteiger partial charge in [-0.05, 0) is 43.9 Å². The molecule has 3 aromatic rings. The summed E-state index contributed by atoms with van der Waals surface area (Å²) in [5.74, 6) is 0.424. The SMILES string of the molecule is CCc1ccc(NC(=O)C(C)Sc2nc(C)nc3c2c(=O)n(C)c(=O)n3CC(C)C)cc1. The molecule has 2 heterocycles. The van der Waals surface area contributed by atoms with Gasteiger partial charge in [-0.25, -0.2) is 14.8 Å². The number of anilines is 1. The number of hydrogen-bond donors (Lipinski definition) is 1. The first kappa shape index (κ1) is 23.7. The number of hydrogen-bond acceptors (Lipinski definition) is 6. The van der Waals surface area contributed by atoms with Crippen LogP contribution in [0.3, 0.4) is 0 Å². The highest BCUT2D eigenvalue weighted by molar-refractivity contribution is 8.00. The van der Waals surface area contributed by atoms with E-state index in [1.165, 1.54) is 28.9 Å². The second kappa shape index (κ2) is 9.68. The van der Waals surface area contributed by atoms with E-state index >= 15 is 0 Å². The third kappa shape index (κ3) is 4.93. The van der Waals surface area contributed by atoms with E-state index in [-0.39, 0.29) is 17.2 Å². The number of aromatic nitrogens is 4. The average molecular weight is 456 g/mol. The largest absolute Gasteiger partial charge is 0.332 e. The van der Waals surface area contributed by atoms with Crippen LogP contribution in [0.5, 0.6) is 0 Å². The first-order chi connectivity index (χ1) is 15.1. The summed E-state index contributed by atoms with van der Waals surface area (Å²) < 4.78 is 2.59. The van der Waals surface area contributed by atoms with Crippen molar-refractivity contribution in [3.63, 3.8) is 0 Å². The topological polar surface area (TPSA) is 98.9 Å². The van der Waals surface area contributed by atoms with E-state index in [0.29, 0.717) is 28.7 Å². The number of carbonyl (C=O) groups excluding carboxylic acids is 1. The molecule has 1 unspecified atom stereocenters. The summed E-state index contributed by atoms with van der Waals surface area (Å²) in [4.78, 5) is 47.4. The molecule has 1 amide bonds. The van der Waals surface area contributed by atoms with Crippen LogP contribution in [0.25, 0.3) is 11.0 Å². The Labute approximate surface area is 191 Å². The number of rotatable bonds is 7. The molecule has 3 rings (SSSR count). The maximum absolute atomic E-state index is 13.0. The van der Waals surface area contributed by atoms with Gasteiger partial charge in [-0.1, -0.05) is 44.7 Å². The Hall–Kier alpha value is -2.94. The quantitative estimate of drug-likeness (QED) is 0.434. The fourth-order valence-corrected chi connectivity index (χ4v) is 4.33. The number of nitrogens with one attached hydrogen (secondary N) is 1. The zero-order chi connectivity index (χ0) is 23.6. The Balaban J connectivity index is 1.99. The molecule has 1 N–H and O–H groups in total. The average Bonchev–Trinajstić information content (AvgIpc) is 2.75. The van der Waals surface area contributed by atoms with Crippen LogP contribution in [0.1, 0.15) is 39.1 Å². The maximum atomic E-state index is 13.0. The van der Waals surface area contributed by atoms with Gasteiger partial charge in [0.2, 0.25) is 5.91 Å². The smallest absolute Gasteiger partial charge is 0.325 e. The fourth-order valence-electron chi connectivity index (χ4n) is 3.34. The lowest BCUT2D eigenvalue weighted by Crippen LogP contribution is -2.39. The fraction of sp³-hybridized carbons (Fsp3) is 0.435. The van der Waals surface area contributed by atoms with Gasteiger partial charge < -0.3 is 5.32 Å². The molecular weight excluding hydrogens is 426 g/mol. The Kier molecular flexibility index (Phi) is 7.18. The zero-order valence-electron chi connectivity index (χ0n) is 19.3. The molecule has 0 saturated carbocycles. The normalized spacial score (nSPS) is 12.3. The number of carbonyl (C=O) groups is 1. The molecule has 0 aliphatic heterocycles. The van der Waals surface area contributed by atoms with Crippen molar-refractivity contribution in [1.29, 1.82) is 0 Å². The first-order valence-corrected chi connectivity index (χ1v) is 11.5. The number of thioether (sulfide) groups is 1. The molecule has 0 aliphatic rings. The second-order valence-electron chi connectivity index (χ2n) is 8.23. The van der Waals surface area contributed by atoms with Crippen molar-refractivity contribution < 1.29 is 4.79 Å². The second-order valence-corrected chi connectivity index (χ2v) is 9.56. The zero-order valence-corrected chi connectivity index (χ0v) is 20.1. The molecule has 0 fully saturated rings. The summed E-state index contributed by atoms with van der Waals surface area (Å²) in [7, 11) is 1.45. The standard InChI is InChI=1S/C23H29N5O3S/c1-7-16-8-10-17(11-9-16)26-20(29)14(4)32-21-18-19(24-15(5)25-21)28(12-13(2)3)23(31)27(6)22(18)30/h8-11,13-14H,7,12H2,1-6H3,(H,26,29). The van der Waals surface area contributed by atoms with Crippen LogP contribution in [-0.4, -0.2) is 30.3 Å². The van der Waals surface area contributed by atoms with Crippen LogP contribution < -0.4 is 16.6 Å². The molecule has 9 heteroatoms. The number of benzene rings is 1. The highest BCUT2D eigenvalue weighted by atomic mass is 32.2. The molecule has 0 aliphatic carbocycles. The predicted octanol–water partition coefficient (Wildman–Crippen LogP) is 3.14. The Morgan fingerprint density at radius 2 is 1.78 bits per heavy atom. The van der Waals surface area contributed by atoms with Crippen LogP contribution >= 0.6 is 11.8 Å². The van der Waals surface area contributed by atoms with Crippen molar-refractivity contribution in [3.05, 3.63) is 56.5 Å². The lowest BCUT2D eigenvalue weighted by molar-refractivity contribution is -0.115. The minimum atomic E-state index is -0.520. The van der Waals surface area contributed by atoms with Crippen LogP contribution in [0.15, 0.2) is 38.9 Å². The lowest BCUT2D eigenvalue weighted by atomic mass is 10.1. The number of fused-ring (bicyclic) bond motifs is 1. The molecule has 0 spiro atoms. The highest BCUT2D eigenvalue weighted by Gasteiger charge is 2.22. The molecular formula is C23H29N5O3S. The van der Waals surface area contributed by atoms with Gasteiger partial charge in [0, 0.05) is 19.3 Å². The van der Waals surface area contributed by atoms with Crippen molar-refractivity contribution in [3.8, 4) is 0 Å². The monoisotopic (exact) mass is 455 g/mol. The summed E-state index contributed by atoms with van der Waals surface area (Å²) in [5.41, 5.74) is 1.34.